The van der Waals surface area contributed by atoms with Crippen molar-refractivity contribution in [3.05, 3.63) is 0 Å². The lowest BCUT2D eigenvalue weighted by Crippen LogP contribution is -2.42. The third-order valence-corrected chi connectivity index (χ3v) is 4.67. The quantitative estimate of drug-likeness (QED) is 0.449. The van der Waals surface area contributed by atoms with Crippen molar-refractivity contribution in [2.45, 2.75) is 39.2 Å². The smallest absolute Gasteiger partial charge is 0.330 e. The van der Waals surface area contributed by atoms with Gasteiger partial charge in [-0.2, -0.15) is 0 Å². The van der Waals surface area contributed by atoms with Crippen LogP contribution in [0.5, 0.6) is 0 Å². The molecule has 0 radical (unpaired) electrons. The summed E-state index contributed by atoms with van der Waals surface area (Å²) in [6.07, 6.45) is -0.619. The molecular weight excluding hydrogens is 317 g/mol. The van der Waals surface area contributed by atoms with Gasteiger partial charge < -0.3 is 24.6 Å². The summed E-state index contributed by atoms with van der Waals surface area (Å²) in [6.45, 7) is 3.76. The molecule has 0 fully saturated rings. The zero-order valence-corrected chi connectivity index (χ0v) is 13.5. The number of aliphatic carboxylic acids is 2. The van der Waals surface area contributed by atoms with Gasteiger partial charge in [0.15, 0.2) is 0 Å². The van der Waals surface area contributed by atoms with Crippen LogP contribution in [-0.4, -0.2) is 53.5 Å². The molecule has 0 heterocycles. The highest BCUT2D eigenvalue weighted by molar-refractivity contribution is 7.53. The van der Waals surface area contributed by atoms with Gasteiger partial charge in [0.1, 0.15) is 6.04 Å². The average Bonchev–Trinajstić information content (AvgIpc) is 2.37. The Bertz CT molecular complexity index is 429. The van der Waals surface area contributed by atoms with Crippen molar-refractivity contribution in [3.63, 3.8) is 0 Å². The van der Waals surface area contributed by atoms with Crippen LogP contribution in [0.4, 0.5) is 0 Å². The van der Waals surface area contributed by atoms with Crippen molar-refractivity contribution in [1.29, 1.82) is 0 Å². The Morgan fingerprint density at radius 1 is 1.14 bits per heavy atom. The minimum Gasteiger partial charge on any atom is -0.481 e. The molecule has 0 unspecified atom stereocenters. The Kier molecular flexibility index (Phi) is 9.64. The van der Waals surface area contributed by atoms with E-state index in [1.54, 1.807) is 13.8 Å². The molecule has 10 heteroatoms. The molecule has 0 spiro atoms. The molecule has 9 nitrogen and oxygen atoms in total. The number of carbonyl (C=O) groups is 3. The van der Waals surface area contributed by atoms with Crippen LogP contribution in [-0.2, 0) is 28.0 Å². The molecule has 0 rings (SSSR count). The van der Waals surface area contributed by atoms with Crippen LogP contribution < -0.4 is 5.32 Å². The predicted octanol–water partition coefficient (Wildman–Crippen LogP) is 1.08. The molecule has 0 aliphatic carbocycles. The summed E-state index contributed by atoms with van der Waals surface area (Å²) in [5.74, 6) is -3.39. The first-order valence-corrected chi connectivity index (χ1v) is 8.59. The number of hydrogen-bond donors (Lipinski definition) is 3. The number of hydrogen-bond acceptors (Lipinski definition) is 6. The van der Waals surface area contributed by atoms with E-state index in [1.165, 1.54) is 0 Å². The van der Waals surface area contributed by atoms with Crippen LogP contribution >= 0.6 is 7.60 Å². The number of carboxylic acids is 2. The van der Waals surface area contributed by atoms with Crippen molar-refractivity contribution in [3.8, 4) is 0 Å². The summed E-state index contributed by atoms with van der Waals surface area (Å²) in [4.78, 5) is 32.9. The third-order valence-electron chi connectivity index (χ3n) is 2.50. The van der Waals surface area contributed by atoms with Gasteiger partial charge in [0, 0.05) is 6.42 Å². The van der Waals surface area contributed by atoms with Gasteiger partial charge in [-0.3, -0.25) is 14.2 Å². The number of rotatable bonds is 12. The van der Waals surface area contributed by atoms with E-state index in [9.17, 15) is 18.9 Å². The highest BCUT2D eigenvalue weighted by Crippen LogP contribution is 2.48. The fourth-order valence-corrected chi connectivity index (χ4v) is 3.30. The summed E-state index contributed by atoms with van der Waals surface area (Å²) in [5.41, 5.74) is 0. The molecule has 0 saturated carbocycles. The van der Waals surface area contributed by atoms with Crippen molar-refractivity contribution >= 4 is 25.4 Å². The molecule has 0 saturated heterocycles. The maximum absolute atomic E-state index is 12.1. The summed E-state index contributed by atoms with van der Waals surface area (Å²) in [6, 6.07) is -1.49. The summed E-state index contributed by atoms with van der Waals surface area (Å²) < 4.78 is 22.2. The Morgan fingerprint density at radius 3 is 2.09 bits per heavy atom. The van der Waals surface area contributed by atoms with Crippen LogP contribution in [0.3, 0.4) is 0 Å². The molecule has 0 aliphatic heterocycles. The average molecular weight is 339 g/mol. The molecule has 3 N–H and O–H groups in total. The second-order valence-corrected chi connectivity index (χ2v) is 6.52. The molecule has 0 aliphatic rings. The van der Waals surface area contributed by atoms with E-state index in [2.05, 4.69) is 5.32 Å². The molecule has 22 heavy (non-hydrogen) atoms. The van der Waals surface area contributed by atoms with Crippen molar-refractivity contribution < 1.29 is 38.2 Å². The summed E-state index contributed by atoms with van der Waals surface area (Å²) >= 11 is 0. The predicted molar refractivity (Wildman–Crippen MR) is 76.8 cm³/mol. The monoisotopic (exact) mass is 339 g/mol. The number of carbonyl (C=O) groups excluding carboxylic acids is 1. The normalized spacial score (nSPS) is 12.6. The van der Waals surface area contributed by atoms with Gasteiger partial charge >= 0.3 is 19.5 Å². The Hall–Kier alpha value is -1.44. The van der Waals surface area contributed by atoms with Gasteiger partial charge in [0.2, 0.25) is 5.91 Å². The Morgan fingerprint density at radius 2 is 1.68 bits per heavy atom. The topological polar surface area (TPSA) is 139 Å². The molecule has 0 aromatic carbocycles. The number of amides is 1. The van der Waals surface area contributed by atoms with Gasteiger partial charge in [0.25, 0.3) is 0 Å². The highest BCUT2D eigenvalue weighted by Gasteiger charge is 2.25. The number of carboxylic acid groups (broad SMARTS) is 2. The Balaban J connectivity index is 4.34. The maximum atomic E-state index is 12.1. The first-order chi connectivity index (χ1) is 10.2. The molecule has 0 bridgehead atoms. The highest BCUT2D eigenvalue weighted by atomic mass is 31.2. The first kappa shape index (κ1) is 20.6. The minimum absolute atomic E-state index is 0.0266. The second-order valence-electron chi connectivity index (χ2n) is 4.33. The van der Waals surface area contributed by atoms with E-state index in [0.717, 1.165) is 0 Å². The van der Waals surface area contributed by atoms with Crippen LogP contribution in [0.15, 0.2) is 0 Å². The van der Waals surface area contributed by atoms with Gasteiger partial charge in [-0.15, -0.1) is 0 Å². The second kappa shape index (κ2) is 10.3. The molecular formula is C12H22NO8P. The van der Waals surface area contributed by atoms with Crippen molar-refractivity contribution in [1.82, 2.24) is 5.32 Å². The van der Waals surface area contributed by atoms with E-state index in [4.69, 9.17) is 19.3 Å². The Labute approximate surface area is 128 Å². The number of nitrogens with one attached hydrogen (secondary N) is 1. The fourth-order valence-electron chi connectivity index (χ4n) is 1.63. The van der Waals surface area contributed by atoms with E-state index < -0.39 is 37.9 Å². The van der Waals surface area contributed by atoms with Gasteiger partial charge in [0.05, 0.1) is 25.8 Å². The molecule has 0 aromatic rings. The van der Waals surface area contributed by atoms with Gasteiger partial charge in [-0.25, -0.2) is 4.79 Å². The molecule has 1 atom stereocenters. The SMILES string of the molecule is CCOP(=O)(CCCC(=O)N[C@@H](CC(=O)O)C(=O)O)OCC. The molecule has 128 valence electrons. The lowest BCUT2D eigenvalue weighted by molar-refractivity contribution is -0.147. The van der Waals surface area contributed by atoms with E-state index in [-0.39, 0.29) is 32.2 Å². The van der Waals surface area contributed by atoms with Crippen LogP contribution in [0.1, 0.15) is 33.1 Å². The van der Waals surface area contributed by atoms with Gasteiger partial charge in [-0.1, -0.05) is 0 Å². The minimum atomic E-state index is -3.24. The molecule has 1 amide bonds. The van der Waals surface area contributed by atoms with Crippen molar-refractivity contribution in [2.24, 2.45) is 0 Å². The van der Waals surface area contributed by atoms with Gasteiger partial charge in [-0.05, 0) is 20.3 Å². The van der Waals surface area contributed by atoms with E-state index in [1.807, 2.05) is 0 Å². The maximum Gasteiger partial charge on any atom is 0.330 e. The lowest BCUT2D eigenvalue weighted by atomic mass is 10.2. The molecule has 0 aromatic heterocycles. The van der Waals surface area contributed by atoms with Crippen LogP contribution in [0.25, 0.3) is 0 Å². The van der Waals surface area contributed by atoms with E-state index in [0.29, 0.717) is 0 Å². The summed E-state index contributed by atoms with van der Waals surface area (Å²) in [5, 5.41) is 19.5. The third kappa shape index (κ3) is 8.76. The standard InChI is InChI=1S/C12H22NO8P/c1-3-20-22(19,21-4-2)7-5-6-10(14)13-9(12(17)18)8-11(15)16/h9H,3-8H2,1-2H3,(H,13,14)(H,15,16)(H,17,18)/t9-/m0/s1. The lowest BCUT2D eigenvalue weighted by Gasteiger charge is -2.17. The van der Waals surface area contributed by atoms with E-state index >= 15 is 0 Å². The first-order valence-electron chi connectivity index (χ1n) is 6.86. The van der Waals surface area contributed by atoms with Crippen molar-refractivity contribution in [2.75, 3.05) is 19.4 Å². The largest absolute Gasteiger partial charge is 0.481 e. The van der Waals surface area contributed by atoms with Crippen LogP contribution in [0, 0.1) is 0 Å². The fraction of sp³-hybridized carbons (Fsp3) is 0.750. The van der Waals surface area contributed by atoms with Crippen LogP contribution in [0.2, 0.25) is 0 Å². The zero-order chi connectivity index (χ0) is 17.2. The summed E-state index contributed by atoms with van der Waals surface area (Å²) in [7, 11) is -3.24. The zero-order valence-electron chi connectivity index (χ0n) is 12.6.